The van der Waals surface area contributed by atoms with E-state index in [4.69, 9.17) is 0 Å². The van der Waals surface area contributed by atoms with E-state index < -0.39 is 0 Å². The van der Waals surface area contributed by atoms with Crippen LogP contribution in [0.25, 0.3) is 0 Å². The molecular formula is C6H7Nb-. The van der Waals surface area contributed by atoms with Crippen molar-refractivity contribution in [3.63, 3.8) is 0 Å². The van der Waals surface area contributed by atoms with Crippen LogP contribution < -0.4 is 0 Å². The van der Waals surface area contributed by atoms with Crippen molar-refractivity contribution < 1.29 is 22.4 Å². The van der Waals surface area contributed by atoms with E-state index in [0.717, 1.165) is 0 Å². The first-order valence-electron chi connectivity index (χ1n) is 2.08. The summed E-state index contributed by atoms with van der Waals surface area (Å²) in [5.74, 6) is 0. The molecule has 0 atom stereocenters. The van der Waals surface area contributed by atoms with E-state index in [-0.39, 0.29) is 22.4 Å². The molecule has 0 heterocycles. The van der Waals surface area contributed by atoms with Crippen LogP contribution in [0.2, 0.25) is 0 Å². The molecule has 0 spiro atoms. The molecule has 0 saturated carbocycles. The molecule has 1 radical (unpaired) electrons. The molecule has 0 bridgehead atoms. The van der Waals surface area contributed by atoms with Gasteiger partial charge in [0.25, 0.3) is 0 Å². The van der Waals surface area contributed by atoms with Gasteiger partial charge in [-0.25, -0.2) is 12.1 Å². The average Bonchev–Trinajstić information content (AvgIpc) is 1.86. The molecule has 0 N–H and O–H groups in total. The second-order valence-electron chi connectivity index (χ2n) is 1.46. The normalized spacial score (nSPS) is 7.57. The zero-order valence-corrected chi connectivity index (χ0v) is 6.46. The van der Waals surface area contributed by atoms with Crippen LogP contribution in [0.5, 0.6) is 0 Å². The summed E-state index contributed by atoms with van der Waals surface area (Å²) in [7, 11) is 0. The predicted molar refractivity (Wildman–Crippen MR) is 26.8 cm³/mol. The topological polar surface area (TPSA) is 0 Å². The fourth-order valence-electron chi connectivity index (χ4n) is 0.470. The SMILES string of the molecule is C[c-]1cccc1.[Nb]. The van der Waals surface area contributed by atoms with Crippen LogP contribution in [0.3, 0.4) is 0 Å². The van der Waals surface area contributed by atoms with Crippen LogP contribution in [0, 0.1) is 6.92 Å². The van der Waals surface area contributed by atoms with Gasteiger partial charge in [-0.15, -0.1) is 0 Å². The van der Waals surface area contributed by atoms with Gasteiger partial charge in [0.15, 0.2) is 0 Å². The Morgan fingerprint density at radius 1 is 1.14 bits per heavy atom. The van der Waals surface area contributed by atoms with E-state index in [0.29, 0.717) is 0 Å². The van der Waals surface area contributed by atoms with Gasteiger partial charge in [0.05, 0.1) is 0 Å². The van der Waals surface area contributed by atoms with Crippen LogP contribution in [-0.2, 0) is 22.4 Å². The third-order valence-corrected chi connectivity index (χ3v) is 0.829. The van der Waals surface area contributed by atoms with Crippen molar-refractivity contribution in [2.24, 2.45) is 0 Å². The van der Waals surface area contributed by atoms with Crippen molar-refractivity contribution in [1.29, 1.82) is 0 Å². The maximum Gasteiger partial charge on any atom is 0 e. The van der Waals surface area contributed by atoms with Gasteiger partial charge in [0.1, 0.15) is 0 Å². The zero-order valence-electron chi connectivity index (χ0n) is 4.26. The van der Waals surface area contributed by atoms with Crippen LogP contribution in [0.15, 0.2) is 24.3 Å². The second-order valence-corrected chi connectivity index (χ2v) is 1.46. The molecule has 7 heavy (non-hydrogen) atoms. The molecule has 0 aliphatic carbocycles. The first-order valence-corrected chi connectivity index (χ1v) is 2.08. The summed E-state index contributed by atoms with van der Waals surface area (Å²) in [5.41, 5.74) is 1.34. The quantitative estimate of drug-likeness (QED) is 0.412. The maximum atomic E-state index is 2.08. The summed E-state index contributed by atoms with van der Waals surface area (Å²) in [6.45, 7) is 2.08. The van der Waals surface area contributed by atoms with Crippen molar-refractivity contribution in [3.8, 4) is 0 Å². The summed E-state index contributed by atoms with van der Waals surface area (Å²) >= 11 is 0. The van der Waals surface area contributed by atoms with Crippen molar-refractivity contribution in [3.05, 3.63) is 29.8 Å². The third kappa shape index (κ3) is 2.03. The Balaban J connectivity index is 0.000000360. The molecule has 0 aromatic heterocycles. The molecule has 0 nitrogen and oxygen atoms in total. The summed E-state index contributed by atoms with van der Waals surface area (Å²) in [6.07, 6.45) is 0. The van der Waals surface area contributed by atoms with Gasteiger partial charge in [0, 0.05) is 22.4 Å². The van der Waals surface area contributed by atoms with Gasteiger partial charge in [-0.1, -0.05) is 6.92 Å². The zero-order chi connectivity index (χ0) is 4.41. The van der Waals surface area contributed by atoms with E-state index in [2.05, 4.69) is 19.1 Å². The van der Waals surface area contributed by atoms with Crippen molar-refractivity contribution in [1.82, 2.24) is 0 Å². The first kappa shape index (κ1) is 7.09. The number of rotatable bonds is 0. The molecule has 0 amide bonds. The summed E-state index contributed by atoms with van der Waals surface area (Å²) in [6, 6.07) is 8.24. The molecule has 0 saturated heterocycles. The molecule has 1 heteroatoms. The molecule has 1 aromatic rings. The third-order valence-electron chi connectivity index (χ3n) is 0.829. The predicted octanol–water partition coefficient (Wildman–Crippen LogP) is 1.71. The van der Waals surface area contributed by atoms with Crippen LogP contribution in [0.1, 0.15) is 5.56 Å². The minimum Gasteiger partial charge on any atom is -0.213 e. The summed E-state index contributed by atoms with van der Waals surface area (Å²) < 4.78 is 0. The Labute approximate surface area is 59.4 Å². The van der Waals surface area contributed by atoms with Gasteiger partial charge in [-0.2, -0.15) is 17.7 Å². The Bertz CT molecular complexity index is 108. The fourth-order valence-corrected chi connectivity index (χ4v) is 0.470. The molecule has 0 aliphatic heterocycles. The largest absolute Gasteiger partial charge is 0.213 e. The molecule has 0 aliphatic rings. The van der Waals surface area contributed by atoms with Crippen molar-refractivity contribution >= 4 is 0 Å². The molecule has 0 unspecified atom stereocenters. The van der Waals surface area contributed by atoms with Crippen molar-refractivity contribution in [2.75, 3.05) is 0 Å². The minimum atomic E-state index is 0. The molecule has 1 rings (SSSR count). The van der Waals surface area contributed by atoms with Crippen LogP contribution in [0.4, 0.5) is 0 Å². The van der Waals surface area contributed by atoms with E-state index in [1.165, 1.54) is 5.56 Å². The Morgan fingerprint density at radius 2 is 1.57 bits per heavy atom. The van der Waals surface area contributed by atoms with E-state index in [1.807, 2.05) is 12.1 Å². The van der Waals surface area contributed by atoms with E-state index in [1.54, 1.807) is 0 Å². The second kappa shape index (κ2) is 3.14. The van der Waals surface area contributed by atoms with Gasteiger partial charge in [0.2, 0.25) is 0 Å². The Morgan fingerprint density at radius 3 is 1.71 bits per heavy atom. The minimum absolute atomic E-state index is 0. The molecule has 0 fully saturated rings. The summed E-state index contributed by atoms with van der Waals surface area (Å²) in [5, 5.41) is 0. The maximum absolute atomic E-state index is 2.08. The first-order chi connectivity index (χ1) is 2.89. The van der Waals surface area contributed by atoms with Gasteiger partial charge >= 0.3 is 0 Å². The van der Waals surface area contributed by atoms with Gasteiger partial charge in [-0.05, 0) is 0 Å². The van der Waals surface area contributed by atoms with E-state index in [9.17, 15) is 0 Å². The average molecular weight is 172 g/mol. The monoisotopic (exact) mass is 172 g/mol. The Hall–Kier alpha value is 0.0903. The Kier molecular flexibility index (Phi) is 3.18. The standard InChI is InChI=1S/C6H7.Nb/c1-6-4-2-3-5-6;/h2-5H,1H3;/q-1;. The van der Waals surface area contributed by atoms with E-state index >= 15 is 0 Å². The van der Waals surface area contributed by atoms with Gasteiger partial charge < -0.3 is 0 Å². The molecular weight excluding hydrogens is 165 g/mol. The summed E-state index contributed by atoms with van der Waals surface area (Å²) in [4.78, 5) is 0. The number of hydrogen-bond acceptors (Lipinski definition) is 0. The van der Waals surface area contributed by atoms with Crippen LogP contribution in [-0.4, -0.2) is 0 Å². The number of aryl methyl sites for hydroxylation is 1. The van der Waals surface area contributed by atoms with Crippen molar-refractivity contribution in [2.45, 2.75) is 6.92 Å². The van der Waals surface area contributed by atoms with Gasteiger partial charge in [-0.3, -0.25) is 0 Å². The van der Waals surface area contributed by atoms with Crippen LogP contribution >= 0.6 is 0 Å². The molecule has 37 valence electrons. The fraction of sp³-hybridized carbons (Fsp3) is 0.167. The number of hydrogen-bond donors (Lipinski definition) is 0. The molecule has 1 aromatic carbocycles. The smallest absolute Gasteiger partial charge is 0 e.